The molecule has 2 aromatic carbocycles. The summed E-state index contributed by atoms with van der Waals surface area (Å²) in [6, 6.07) is 12.0. The zero-order valence-corrected chi connectivity index (χ0v) is 21.4. The molecule has 1 fully saturated rings. The summed E-state index contributed by atoms with van der Waals surface area (Å²) in [5.74, 6) is -1.16. The lowest BCUT2D eigenvalue weighted by atomic mass is 10.1. The summed E-state index contributed by atoms with van der Waals surface area (Å²) in [5.41, 5.74) is 1.77. The Morgan fingerprint density at radius 2 is 1.71 bits per heavy atom. The van der Waals surface area contributed by atoms with Crippen LogP contribution in [0, 0.1) is 12.7 Å². The van der Waals surface area contributed by atoms with Gasteiger partial charge in [0.25, 0.3) is 0 Å². The van der Waals surface area contributed by atoms with Gasteiger partial charge in [0, 0.05) is 12.6 Å². The van der Waals surface area contributed by atoms with Crippen molar-refractivity contribution in [2.24, 2.45) is 0 Å². The lowest BCUT2D eigenvalue weighted by Crippen LogP contribution is -2.53. The Labute approximate surface area is 207 Å². The molecule has 7 nitrogen and oxygen atoms in total. The molecule has 1 aliphatic rings. The van der Waals surface area contributed by atoms with Crippen LogP contribution >= 0.6 is 0 Å². The Hall–Kier alpha value is -2.94. The molecule has 9 heteroatoms. The lowest BCUT2D eigenvalue weighted by Gasteiger charge is -2.33. The van der Waals surface area contributed by atoms with Crippen molar-refractivity contribution in [1.82, 2.24) is 10.2 Å². The predicted octanol–water partition coefficient (Wildman–Crippen LogP) is 3.77. The van der Waals surface area contributed by atoms with E-state index in [2.05, 4.69) is 5.32 Å². The summed E-state index contributed by atoms with van der Waals surface area (Å²) < 4.78 is 39.9. The zero-order chi connectivity index (χ0) is 25.6. The molecule has 1 atom stereocenters. The molecule has 0 saturated heterocycles. The summed E-state index contributed by atoms with van der Waals surface area (Å²) in [6.45, 7) is 3.21. The van der Waals surface area contributed by atoms with Crippen molar-refractivity contribution in [2.75, 3.05) is 17.1 Å². The number of aryl methyl sites for hydroxylation is 1. The largest absolute Gasteiger partial charge is 0.352 e. The van der Waals surface area contributed by atoms with E-state index >= 15 is 0 Å². The van der Waals surface area contributed by atoms with Gasteiger partial charge in [-0.25, -0.2) is 12.8 Å². The first-order valence-corrected chi connectivity index (χ1v) is 13.8. The zero-order valence-electron chi connectivity index (χ0n) is 20.5. The van der Waals surface area contributed by atoms with E-state index in [4.69, 9.17) is 0 Å². The number of hydrogen-bond acceptors (Lipinski definition) is 4. The van der Waals surface area contributed by atoms with E-state index in [0.717, 1.165) is 36.2 Å². The standard InChI is InChI=1S/C26H34FN3O4S/c1-4-23(26(32)28-22-10-6-7-11-22)29(17-20-13-15-21(27)16-14-20)25(31)18-30(35(3,33)34)24-12-8-5-9-19(24)2/h5,8-9,12-16,22-23H,4,6-7,10-11,17-18H2,1-3H3,(H,28,32)/t23-/m1/s1. The van der Waals surface area contributed by atoms with Crippen LogP contribution in [0.1, 0.15) is 50.2 Å². The van der Waals surface area contributed by atoms with Gasteiger partial charge in [0.1, 0.15) is 18.4 Å². The Kier molecular flexibility index (Phi) is 8.88. The molecule has 1 saturated carbocycles. The first-order valence-electron chi connectivity index (χ1n) is 12.0. The van der Waals surface area contributed by atoms with Crippen LogP contribution < -0.4 is 9.62 Å². The van der Waals surface area contributed by atoms with Gasteiger partial charge in [-0.3, -0.25) is 13.9 Å². The molecule has 1 N–H and O–H groups in total. The molecule has 2 amide bonds. The fourth-order valence-electron chi connectivity index (χ4n) is 4.51. The van der Waals surface area contributed by atoms with Gasteiger partial charge in [0.2, 0.25) is 21.8 Å². The minimum absolute atomic E-state index is 0.0566. The normalized spacial score (nSPS) is 15.0. The molecule has 0 unspecified atom stereocenters. The maximum atomic E-state index is 13.7. The van der Waals surface area contributed by atoms with Crippen LogP contribution in [0.5, 0.6) is 0 Å². The number of halogens is 1. The number of nitrogens with one attached hydrogen (secondary N) is 1. The second kappa shape index (κ2) is 11.7. The van der Waals surface area contributed by atoms with E-state index in [9.17, 15) is 22.4 Å². The van der Waals surface area contributed by atoms with Crippen LogP contribution in [0.2, 0.25) is 0 Å². The topological polar surface area (TPSA) is 86.8 Å². The van der Waals surface area contributed by atoms with Gasteiger partial charge in [-0.1, -0.05) is 50.1 Å². The first-order chi connectivity index (χ1) is 16.6. The molecule has 0 spiro atoms. The number of sulfonamides is 1. The number of benzene rings is 2. The smallest absolute Gasteiger partial charge is 0.244 e. The molecule has 3 rings (SSSR count). The van der Waals surface area contributed by atoms with Gasteiger partial charge in [0.05, 0.1) is 11.9 Å². The Morgan fingerprint density at radius 1 is 1.09 bits per heavy atom. The third-order valence-corrected chi connectivity index (χ3v) is 7.54. The van der Waals surface area contributed by atoms with Crippen LogP contribution in [0.3, 0.4) is 0 Å². The van der Waals surface area contributed by atoms with Gasteiger partial charge < -0.3 is 10.2 Å². The highest BCUT2D eigenvalue weighted by molar-refractivity contribution is 7.92. The monoisotopic (exact) mass is 503 g/mol. The van der Waals surface area contributed by atoms with Crippen LogP contribution in [0.25, 0.3) is 0 Å². The molecular weight excluding hydrogens is 469 g/mol. The van der Waals surface area contributed by atoms with Gasteiger partial charge in [0.15, 0.2) is 0 Å². The van der Waals surface area contributed by atoms with E-state index in [1.807, 2.05) is 6.92 Å². The highest BCUT2D eigenvalue weighted by atomic mass is 32.2. The number of nitrogens with zero attached hydrogens (tertiary/aromatic N) is 2. The number of rotatable bonds is 10. The van der Waals surface area contributed by atoms with Gasteiger partial charge in [-0.05, 0) is 55.5 Å². The number of carbonyl (C=O) groups excluding carboxylic acids is 2. The lowest BCUT2D eigenvalue weighted by molar-refractivity contribution is -0.140. The average molecular weight is 504 g/mol. The number of anilines is 1. The van der Waals surface area contributed by atoms with E-state index < -0.39 is 34.3 Å². The van der Waals surface area contributed by atoms with Crippen molar-refractivity contribution >= 4 is 27.5 Å². The average Bonchev–Trinajstić information content (AvgIpc) is 3.31. The molecule has 190 valence electrons. The molecule has 1 aliphatic carbocycles. The third kappa shape index (κ3) is 7.04. The van der Waals surface area contributed by atoms with Crippen molar-refractivity contribution in [2.45, 2.75) is 64.6 Å². The van der Waals surface area contributed by atoms with Crippen molar-refractivity contribution in [3.63, 3.8) is 0 Å². The van der Waals surface area contributed by atoms with Crippen molar-refractivity contribution in [1.29, 1.82) is 0 Å². The van der Waals surface area contributed by atoms with Crippen molar-refractivity contribution < 1.29 is 22.4 Å². The highest BCUT2D eigenvalue weighted by Gasteiger charge is 2.33. The summed E-state index contributed by atoms with van der Waals surface area (Å²) in [5, 5.41) is 3.06. The Balaban J connectivity index is 1.92. The molecule has 0 bridgehead atoms. The Bertz CT molecular complexity index is 1130. The van der Waals surface area contributed by atoms with Crippen LogP contribution in [-0.2, 0) is 26.2 Å². The summed E-state index contributed by atoms with van der Waals surface area (Å²) in [6.07, 6.45) is 5.34. The number of carbonyl (C=O) groups is 2. The van der Waals surface area contributed by atoms with E-state index in [0.29, 0.717) is 23.2 Å². The minimum atomic E-state index is -3.78. The summed E-state index contributed by atoms with van der Waals surface area (Å²) in [7, 11) is -3.78. The second-order valence-electron chi connectivity index (χ2n) is 9.12. The molecule has 0 heterocycles. The van der Waals surface area contributed by atoms with Gasteiger partial charge >= 0.3 is 0 Å². The van der Waals surface area contributed by atoms with Crippen LogP contribution in [0.4, 0.5) is 10.1 Å². The fourth-order valence-corrected chi connectivity index (χ4v) is 5.42. The quantitative estimate of drug-likeness (QED) is 0.535. The molecule has 2 aromatic rings. The third-order valence-electron chi connectivity index (χ3n) is 6.42. The fraction of sp³-hybridized carbons (Fsp3) is 0.462. The van der Waals surface area contributed by atoms with Crippen LogP contribution in [-0.4, -0.2) is 50.0 Å². The number of para-hydroxylation sites is 1. The summed E-state index contributed by atoms with van der Waals surface area (Å²) >= 11 is 0. The van der Waals surface area contributed by atoms with Crippen molar-refractivity contribution in [3.05, 3.63) is 65.5 Å². The number of hydrogen-bond donors (Lipinski definition) is 1. The number of amides is 2. The SMILES string of the molecule is CC[C@H](C(=O)NC1CCCC1)N(Cc1ccc(F)cc1)C(=O)CN(c1ccccc1C)S(C)(=O)=O. The molecule has 0 aliphatic heterocycles. The minimum Gasteiger partial charge on any atom is -0.352 e. The van der Waals surface area contributed by atoms with E-state index in [1.165, 1.54) is 17.0 Å². The molecule has 0 aromatic heterocycles. The highest BCUT2D eigenvalue weighted by Crippen LogP contribution is 2.24. The Morgan fingerprint density at radius 3 is 2.29 bits per heavy atom. The van der Waals surface area contributed by atoms with E-state index in [-0.39, 0.29) is 18.5 Å². The second-order valence-corrected chi connectivity index (χ2v) is 11.0. The molecular formula is C26H34FN3O4S. The van der Waals surface area contributed by atoms with Gasteiger partial charge in [-0.15, -0.1) is 0 Å². The summed E-state index contributed by atoms with van der Waals surface area (Å²) in [4.78, 5) is 28.3. The van der Waals surface area contributed by atoms with Crippen molar-refractivity contribution in [3.8, 4) is 0 Å². The van der Waals surface area contributed by atoms with E-state index in [1.54, 1.807) is 43.3 Å². The predicted molar refractivity (Wildman–Crippen MR) is 135 cm³/mol. The maximum Gasteiger partial charge on any atom is 0.244 e. The first kappa shape index (κ1) is 26.7. The maximum absolute atomic E-state index is 13.7. The molecule has 0 radical (unpaired) electrons. The van der Waals surface area contributed by atoms with Crippen LogP contribution in [0.15, 0.2) is 48.5 Å². The molecule has 35 heavy (non-hydrogen) atoms. The van der Waals surface area contributed by atoms with Gasteiger partial charge in [-0.2, -0.15) is 0 Å².